The summed E-state index contributed by atoms with van der Waals surface area (Å²) in [6, 6.07) is 0. The van der Waals surface area contributed by atoms with E-state index in [-0.39, 0.29) is 18.1 Å². The minimum Gasteiger partial charge on any atom is -0.481 e. The van der Waals surface area contributed by atoms with Gasteiger partial charge in [0.1, 0.15) is 5.78 Å². The topological polar surface area (TPSA) is 118 Å². The lowest BCUT2D eigenvalue weighted by Crippen LogP contribution is -2.40. The number of nitrogens with zero attached hydrogens (tertiary/aromatic N) is 2. The second-order valence-corrected chi connectivity index (χ2v) is 8.97. The first-order valence-electron chi connectivity index (χ1n) is 14.9. The standard InChI is InChI=1S/C7H13NO2.C7H15NO.C4H9NO.C4H8O.C4H10.C3H6O2/c1-2-7(9)8-3-5-10-6-4-8;1-2-3-8-4-6-9-7-5-8;1-3-6-4-2-5-1;1-3-4(2)5;1-3-4-2;1-2-3(4)5/h2-6H2,1H3;2-7H2,1H3;5H,1-4H2;3H2,1-2H3;3-4H2,1-2H3;2H2,1H3,(H,4,5). The monoisotopic (exact) mass is 563 g/mol. The van der Waals surface area contributed by atoms with Crippen LogP contribution in [0.1, 0.15) is 87.0 Å². The second-order valence-electron chi connectivity index (χ2n) is 8.97. The maximum atomic E-state index is 11.0. The van der Waals surface area contributed by atoms with E-state index < -0.39 is 5.97 Å². The van der Waals surface area contributed by atoms with Crippen LogP contribution in [0.5, 0.6) is 0 Å². The smallest absolute Gasteiger partial charge is 0.303 e. The highest BCUT2D eigenvalue weighted by Gasteiger charge is 2.13. The lowest BCUT2D eigenvalue weighted by Gasteiger charge is -2.26. The average Bonchev–Trinajstić information content (AvgIpc) is 3.00. The molecule has 1 amide bonds. The Morgan fingerprint density at radius 1 is 0.667 bits per heavy atom. The number of hydrogen-bond acceptors (Lipinski definition) is 8. The van der Waals surface area contributed by atoms with E-state index in [2.05, 4.69) is 31.0 Å². The number of nitrogens with one attached hydrogen (secondary N) is 1. The lowest BCUT2D eigenvalue weighted by molar-refractivity contribution is -0.136. The summed E-state index contributed by atoms with van der Waals surface area (Å²) in [4.78, 5) is 34.5. The van der Waals surface area contributed by atoms with Crippen molar-refractivity contribution in [1.82, 2.24) is 15.1 Å². The predicted molar refractivity (Wildman–Crippen MR) is 158 cm³/mol. The Bertz CT molecular complexity index is 505. The maximum absolute atomic E-state index is 11.0. The first-order valence-corrected chi connectivity index (χ1v) is 14.9. The van der Waals surface area contributed by atoms with E-state index in [1.807, 2.05) is 18.7 Å². The third-order valence-corrected chi connectivity index (χ3v) is 5.46. The first kappa shape index (κ1) is 41.9. The first-order chi connectivity index (χ1) is 18.7. The molecule has 0 bridgehead atoms. The quantitative estimate of drug-likeness (QED) is 0.497. The number of morpholine rings is 3. The molecule has 0 spiro atoms. The molecule has 0 aromatic rings. The van der Waals surface area contributed by atoms with Gasteiger partial charge in [-0.2, -0.15) is 0 Å². The Balaban J connectivity index is -0.000000413. The largest absolute Gasteiger partial charge is 0.481 e. The minimum absolute atomic E-state index is 0.222. The van der Waals surface area contributed by atoms with E-state index in [4.69, 9.17) is 19.3 Å². The van der Waals surface area contributed by atoms with Crippen molar-refractivity contribution in [2.24, 2.45) is 0 Å². The van der Waals surface area contributed by atoms with Crippen molar-refractivity contribution in [1.29, 1.82) is 0 Å². The molecule has 2 N–H and O–H groups in total. The van der Waals surface area contributed by atoms with Crippen LogP contribution in [0.25, 0.3) is 0 Å². The van der Waals surface area contributed by atoms with Gasteiger partial charge >= 0.3 is 5.97 Å². The molecule has 0 aromatic heterocycles. The molecule has 3 aliphatic heterocycles. The molecule has 3 heterocycles. The number of amides is 1. The number of carboxylic acid groups (broad SMARTS) is 1. The van der Waals surface area contributed by atoms with Gasteiger partial charge in [0.05, 0.1) is 39.6 Å². The highest BCUT2D eigenvalue weighted by molar-refractivity contribution is 5.75. The van der Waals surface area contributed by atoms with Crippen LogP contribution in [-0.4, -0.2) is 118 Å². The predicted octanol–water partition coefficient (Wildman–Crippen LogP) is 3.86. The number of ketones is 1. The van der Waals surface area contributed by atoms with E-state index in [0.29, 0.717) is 26.1 Å². The number of hydrogen-bond donors (Lipinski definition) is 2. The number of rotatable bonds is 6. The van der Waals surface area contributed by atoms with E-state index in [1.54, 1.807) is 13.8 Å². The second kappa shape index (κ2) is 34.4. The summed E-state index contributed by atoms with van der Waals surface area (Å²) in [7, 11) is 0. The molecule has 0 atom stereocenters. The number of carboxylic acids is 1. The number of ether oxygens (including phenoxy) is 3. The van der Waals surface area contributed by atoms with Crippen LogP contribution in [0, 0.1) is 0 Å². The molecule has 0 radical (unpaired) electrons. The van der Waals surface area contributed by atoms with E-state index in [1.165, 1.54) is 25.8 Å². The summed E-state index contributed by atoms with van der Waals surface area (Å²) in [6.45, 7) is 25.6. The molecule has 3 aliphatic rings. The summed E-state index contributed by atoms with van der Waals surface area (Å²) in [5, 5.41) is 10.9. The zero-order valence-electron chi connectivity index (χ0n) is 26.2. The van der Waals surface area contributed by atoms with Gasteiger partial charge in [-0.25, -0.2) is 0 Å². The molecular weight excluding hydrogens is 502 g/mol. The molecule has 0 saturated carbocycles. The molecule has 0 aliphatic carbocycles. The van der Waals surface area contributed by atoms with Gasteiger partial charge in [-0.3, -0.25) is 14.5 Å². The molecule has 10 heteroatoms. The van der Waals surface area contributed by atoms with Crippen molar-refractivity contribution in [3.05, 3.63) is 0 Å². The highest BCUT2D eigenvalue weighted by Crippen LogP contribution is 1.99. The van der Waals surface area contributed by atoms with Crippen molar-refractivity contribution >= 4 is 17.7 Å². The fraction of sp³-hybridized carbons (Fsp3) is 0.897. The van der Waals surface area contributed by atoms with Gasteiger partial charge in [0.15, 0.2) is 0 Å². The Morgan fingerprint density at radius 2 is 1.08 bits per heavy atom. The molecule has 234 valence electrons. The van der Waals surface area contributed by atoms with Crippen LogP contribution in [-0.2, 0) is 28.6 Å². The van der Waals surface area contributed by atoms with Crippen molar-refractivity contribution < 1.29 is 33.7 Å². The maximum Gasteiger partial charge on any atom is 0.303 e. The van der Waals surface area contributed by atoms with E-state index in [9.17, 15) is 14.4 Å². The van der Waals surface area contributed by atoms with Gasteiger partial charge < -0.3 is 34.3 Å². The molecule has 3 fully saturated rings. The Hall–Kier alpha value is -1.59. The van der Waals surface area contributed by atoms with Crippen molar-refractivity contribution in [2.45, 2.75) is 87.0 Å². The van der Waals surface area contributed by atoms with Crippen LogP contribution >= 0.6 is 0 Å². The molecule has 10 nitrogen and oxygen atoms in total. The summed E-state index contributed by atoms with van der Waals surface area (Å²) in [5.74, 6) is -0.252. The highest BCUT2D eigenvalue weighted by atomic mass is 16.5. The molecule has 0 unspecified atom stereocenters. The summed E-state index contributed by atoms with van der Waals surface area (Å²) >= 11 is 0. The molecule has 0 aromatic carbocycles. The Morgan fingerprint density at radius 3 is 1.33 bits per heavy atom. The number of aliphatic carboxylic acids is 1. The lowest BCUT2D eigenvalue weighted by atomic mass is 10.3. The van der Waals surface area contributed by atoms with Crippen LogP contribution in [0.15, 0.2) is 0 Å². The Kier molecular flexibility index (Phi) is 37.0. The number of unbranched alkanes of at least 4 members (excludes halogenated alkanes) is 1. The third kappa shape index (κ3) is 36.4. The van der Waals surface area contributed by atoms with Crippen molar-refractivity contribution in [2.75, 3.05) is 85.5 Å². The SMILES string of the molecule is C1COCCN1.CCC(=O)N1CCOCC1.CCC(=O)O.CCC(C)=O.CCCC.CCCN1CCOCC1. The summed E-state index contributed by atoms with van der Waals surface area (Å²) in [5.41, 5.74) is 0. The minimum atomic E-state index is -0.745. The number of carbonyl (C=O) groups is 3. The van der Waals surface area contributed by atoms with Gasteiger partial charge in [0, 0.05) is 58.5 Å². The molecular formula is C29H61N3O7. The van der Waals surface area contributed by atoms with Crippen LogP contribution in [0.2, 0.25) is 0 Å². The van der Waals surface area contributed by atoms with Gasteiger partial charge in [0.25, 0.3) is 0 Å². The number of carbonyl (C=O) groups excluding carboxylic acids is 2. The summed E-state index contributed by atoms with van der Waals surface area (Å²) in [6.07, 6.45) is 5.40. The van der Waals surface area contributed by atoms with E-state index in [0.717, 1.165) is 65.7 Å². The zero-order chi connectivity index (χ0) is 30.2. The van der Waals surface area contributed by atoms with Gasteiger partial charge in [-0.15, -0.1) is 0 Å². The van der Waals surface area contributed by atoms with Gasteiger partial charge in [-0.05, 0) is 19.9 Å². The van der Waals surface area contributed by atoms with Gasteiger partial charge in [-0.1, -0.05) is 54.4 Å². The Labute approximate surface area is 239 Å². The average molecular weight is 564 g/mol. The van der Waals surface area contributed by atoms with Crippen molar-refractivity contribution in [3.63, 3.8) is 0 Å². The number of Topliss-reactive ketones (excluding diaryl/α,β-unsaturated/α-hetero) is 1. The molecule has 3 rings (SSSR count). The normalized spacial score (nSPS) is 16.4. The molecule has 39 heavy (non-hydrogen) atoms. The fourth-order valence-corrected chi connectivity index (χ4v) is 2.69. The van der Waals surface area contributed by atoms with Gasteiger partial charge in [0.2, 0.25) is 5.91 Å². The van der Waals surface area contributed by atoms with Crippen molar-refractivity contribution in [3.8, 4) is 0 Å². The van der Waals surface area contributed by atoms with Crippen LogP contribution in [0.4, 0.5) is 0 Å². The zero-order valence-corrected chi connectivity index (χ0v) is 26.2. The third-order valence-electron chi connectivity index (χ3n) is 5.46. The fourth-order valence-electron chi connectivity index (χ4n) is 2.69. The van der Waals surface area contributed by atoms with Crippen LogP contribution in [0.3, 0.4) is 0 Å². The van der Waals surface area contributed by atoms with E-state index >= 15 is 0 Å². The molecule has 3 saturated heterocycles. The summed E-state index contributed by atoms with van der Waals surface area (Å²) < 4.78 is 15.3. The van der Waals surface area contributed by atoms with Crippen LogP contribution < -0.4 is 5.32 Å².